The maximum absolute atomic E-state index is 4.17. The first kappa shape index (κ1) is 12.4. The van der Waals surface area contributed by atoms with Gasteiger partial charge in [0.05, 0.1) is 23.6 Å². The molecule has 1 aromatic carbocycles. The highest BCUT2D eigenvalue weighted by atomic mass is 15.4. The maximum atomic E-state index is 4.17. The van der Waals surface area contributed by atoms with Gasteiger partial charge in [0.25, 0.3) is 0 Å². The van der Waals surface area contributed by atoms with Gasteiger partial charge in [0.15, 0.2) is 0 Å². The summed E-state index contributed by atoms with van der Waals surface area (Å²) in [5.41, 5.74) is 2.88. The third kappa shape index (κ3) is 2.28. The number of hydrogen-bond acceptors (Lipinski definition) is 5. The zero-order chi connectivity index (χ0) is 13.8. The Bertz CT molecular complexity index is 664. The summed E-state index contributed by atoms with van der Waals surface area (Å²) < 4.78 is 1.81. The van der Waals surface area contributed by atoms with E-state index >= 15 is 0 Å². The highest BCUT2D eigenvalue weighted by molar-refractivity contribution is 5.34. The molecule has 0 fully saturated rings. The number of rotatable bonds is 4. The summed E-state index contributed by atoms with van der Waals surface area (Å²) in [6.45, 7) is 0. The topological polar surface area (TPSA) is 68.5 Å². The molecule has 0 spiro atoms. The van der Waals surface area contributed by atoms with Gasteiger partial charge in [0.2, 0.25) is 0 Å². The van der Waals surface area contributed by atoms with Crippen LogP contribution in [0.15, 0.2) is 55.2 Å². The van der Waals surface area contributed by atoms with Gasteiger partial charge in [-0.15, -0.1) is 5.10 Å². The Kier molecular flexibility index (Phi) is 3.47. The quantitative estimate of drug-likeness (QED) is 0.772. The molecule has 1 unspecified atom stereocenters. The minimum absolute atomic E-state index is 0.0635. The first-order chi connectivity index (χ1) is 9.90. The summed E-state index contributed by atoms with van der Waals surface area (Å²) in [6.07, 6.45) is 6.84. The second-order valence-corrected chi connectivity index (χ2v) is 4.30. The van der Waals surface area contributed by atoms with Crippen LogP contribution in [-0.2, 0) is 0 Å². The molecule has 0 aliphatic carbocycles. The molecule has 100 valence electrons. The Hall–Kier alpha value is -2.60. The van der Waals surface area contributed by atoms with E-state index in [9.17, 15) is 0 Å². The summed E-state index contributed by atoms with van der Waals surface area (Å²) in [5, 5.41) is 11.4. The van der Waals surface area contributed by atoms with Crippen LogP contribution in [0.3, 0.4) is 0 Å². The number of nitrogens with zero attached hydrogens (tertiary/aromatic N) is 5. The predicted molar refractivity (Wildman–Crippen MR) is 74.3 cm³/mol. The molecule has 3 aromatic rings. The van der Waals surface area contributed by atoms with Crippen LogP contribution in [0.4, 0.5) is 0 Å². The van der Waals surface area contributed by atoms with Crippen molar-refractivity contribution >= 4 is 0 Å². The first-order valence-corrected chi connectivity index (χ1v) is 6.28. The van der Waals surface area contributed by atoms with Crippen molar-refractivity contribution in [3.8, 4) is 5.69 Å². The van der Waals surface area contributed by atoms with Gasteiger partial charge in [-0.3, -0.25) is 0 Å². The molecule has 1 atom stereocenters. The molecule has 2 heterocycles. The van der Waals surface area contributed by atoms with Crippen LogP contribution in [0.1, 0.15) is 17.3 Å². The molecular weight excluding hydrogens is 252 g/mol. The molecule has 20 heavy (non-hydrogen) atoms. The van der Waals surface area contributed by atoms with Crippen LogP contribution >= 0.6 is 0 Å². The van der Waals surface area contributed by atoms with Crippen molar-refractivity contribution in [1.82, 2.24) is 30.3 Å². The van der Waals surface area contributed by atoms with E-state index in [2.05, 4.69) is 25.6 Å². The minimum Gasteiger partial charge on any atom is -0.308 e. The van der Waals surface area contributed by atoms with E-state index in [1.165, 1.54) is 6.33 Å². The van der Waals surface area contributed by atoms with Crippen molar-refractivity contribution in [2.75, 3.05) is 7.05 Å². The molecule has 0 aliphatic heterocycles. The monoisotopic (exact) mass is 266 g/mol. The fourth-order valence-corrected chi connectivity index (χ4v) is 2.15. The van der Waals surface area contributed by atoms with Crippen molar-refractivity contribution in [3.63, 3.8) is 0 Å². The van der Waals surface area contributed by atoms with E-state index in [1.54, 1.807) is 18.6 Å². The molecule has 0 aliphatic rings. The van der Waals surface area contributed by atoms with E-state index in [-0.39, 0.29) is 6.04 Å². The number of para-hydroxylation sites is 1. The normalized spacial score (nSPS) is 12.2. The molecule has 0 radical (unpaired) electrons. The van der Waals surface area contributed by atoms with Crippen LogP contribution in [0, 0.1) is 0 Å². The Morgan fingerprint density at radius 3 is 2.50 bits per heavy atom. The fraction of sp³-hybridized carbons (Fsp3) is 0.143. The van der Waals surface area contributed by atoms with Crippen LogP contribution in [0.2, 0.25) is 0 Å². The largest absolute Gasteiger partial charge is 0.308 e. The summed E-state index contributed by atoms with van der Waals surface area (Å²) in [6, 6.07) is 9.84. The van der Waals surface area contributed by atoms with E-state index in [4.69, 9.17) is 0 Å². The second kappa shape index (κ2) is 5.58. The summed E-state index contributed by atoms with van der Waals surface area (Å²) in [7, 11) is 1.89. The van der Waals surface area contributed by atoms with Gasteiger partial charge in [-0.05, 0) is 19.2 Å². The number of aromatic nitrogens is 5. The van der Waals surface area contributed by atoms with Gasteiger partial charge in [0, 0.05) is 18.0 Å². The molecule has 0 saturated carbocycles. The summed E-state index contributed by atoms with van der Waals surface area (Å²) in [4.78, 5) is 8.13. The van der Waals surface area contributed by atoms with E-state index in [1.807, 2.05) is 42.1 Å². The Balaban J connectivity index is 2.04. The Morgan fingerprint density at radius 1 is 1.05 bits per heavy atom. The molecule has 1 N–H and O–H groups in total. The molecule has 3 rings (SSSR count). The van der Waals surface area contributed by atoms with Gasteiger partial charge < -0.3 is 5.32 Å². The van der Waals surface area contributed by atoms with Crippen LogP contribution in [0.25, 0.3) is 5.69 Å². The molecule has 0 bridgehead atoms. The number of nitrogens with one attached hydrogen (secondary N) is 1. The van der Waals surface area contributed by atoms with E-state index in [0.29, 0.717) is 0 Å². The SMILES string of the molecule is CNC(c1cncnc1)c1cnnn1-c1ccccc1. The van der Waals surface area contributed by atoms with E-state index < -0.39 is 0 Å². The number of hydrogen-bond donors (Lipinski definition) is 1. The molecule has 0 saturated heterocycles. The zero-order valence-corrected chi connectivity index (χ0v) is 11.0. The van der Waals surface area contributed by atoms with Gasteiger partial charge >= 0.3 is 0 Å². The lowest BCUT2D eigenvalue weighted by molar-refractivity contribution is 0.629. The third-order valence-electron chi connectivity index (χ3n) is 3.07. The van der Waals surface area contributed by atoms with Gasteiger partial charge in [-0.1, -0.05) is 23.4 Å². The Morgan fingerprint density at radius 2 is 1.80 bits per heavy atom. The lowest BCUT2D eigenvalue weighted by atomic mass is 10.1. The number of benzene rings is 1. The van der Waals surface area contributed by atoms with Crippen molar-refractivity contribution in [2.45, 2.75) is 6.04 Å². The lowest BCUT2D eigenvalue weighted by Crippen LogP contribution is -2.21. The Labute approximate surface area is 116 Å². The molecule has 6 nitrogen and oxygen atoms in total. The fourth-order valence-electron chi connectivity index (χ4n) is 2.15. The predicted octanol–water partition coefficient (Wildman–Crippen LogP) is 1.37. The third-order valence-corrected chi connectivity index (χ3v) is 3.07. The lowest BCUT2D eigenvalue weighted by Gasteiger charge is -2.16. The zero-order valence-electron chi connectivity index (χ0n) is 11.0. The first-order valence-electron chi connectivity index (χ1n) is 6.28. The van der Waals surface area contributed by atoms with Crippen LogP contribution in [0.5, 0.6) is 0 Å². The summed E-state index contributed by atoms with van der Waals surface area (Å²) >= 11 is 0. The van der Waals surface area contributed by atoms with E-state index in [0.717, 1.165) is 16.9 Å². The smallest absolute Gasteiger partial charge is 0.115 e. The maximum Gasteiger partial charge on any atom is 0.115 e. The van der Waals surface area contributed by atoms with Crippen LogP contribution < -0.4 is 5.32 Å². The van der Waals surface area contributed by atoms with Gasteiger partial charge in [0.1, 0.15) is 6.33 Å². The van der Waals surface area contributed by atoms with Crippen molar-refractivity contribution in [1.29, 1.82) is 0 Å². The van der Waals surface area contributed by atoms with Crippen LogP contribution in [-0.4, -0.2) is 32.0 Å². The molecule has 2 aromatic heterocycles. The average molecular weight is 266 g/mol. The average Bonchev–Trinajstić information content (AvgIpc) is 2.99. The van der Waals surface area contributed by atoms with Gasteiger partial charge in [-0.2, -0.15) is 0 Å². The van der Waals surface area contributed by atoms with Crippen molar-refractivity contribution < 1.29 is 0 Å². The molecule has 6 heteroatoms. The van der Waals surface area contributed by atoms with Crippen molar-refractivity contribution in [3.05, 3.63) is 66.5 Å². The molecule has 0 amide bonds. The van der Waals surface area contributed by atoms with Crippen molar-refractivity contribution in [2.24, 2.45) is 0 Å². The standard InChI is InChI=1S/C14H14N6/c1-15-14(11-7-16-10-17-8-11)13-9-18-19-20(13)12-5-3-2-4-6-12/h2-10,14-15H,1H3. The second-order valence-electron chi connectivity index (χ2n) is 4.30. The van der Waals surface area contributed by atoms with Gasteiger partial charge in [-0.25, -0.2) is 14.6 Å². The highest BCUT2D eigenvalue weighted by Gasteiger charge is 2.18. The highest BCUT2D eigenvalue weighted by Crippen LogP contribution is 2.21. The molecular formula is C14H14N6. The summed E-state index contributed by atoms with van der Waals surface area (Å²) in [5.74, 6) is 0. The minimum atomic E-state index is -0.0635.